The van der Waals surface area contributed by atoms with Crippen LogP contribution in [-0.4, -0.2) is 79.4 Å². The Morgan fingerprint density at radius 3 is 2.56 bits per heavy atom. The number of nitrogens with zero attached hydrogens (tertiary/aromatic N) is 1. The summed E-state index contributed by atoms with van der Waals surface area (Å²) in [6.45, 7) is 10.9. The van der Waals surface area contributed by atoms with Crippen LogP contribution < -0.4 is 10.0 Å². The second kappa shape index (κ2) is 10.8. The van der Waals surface area contributed by atoms with E-state index < -0.39 is 11.9 Å². The fourth-order valence-corrected chi connectivity index (χ4v) is 6.02. The van der Waals surface area contributed by atoms with Gasteiger partial charge in [0.15, 0.2) is 5.97 Å². The number of hydrogen-bond acceptors (Lipinski definition) is 7. The number of allylic oxidation sites excluding steroid dienone is 1. The van der Waals surface area contributed by atoms with Crippen LogP contribution in [0.4, 0.5) is 4.79 Å². The smallest absolute Gasteiger partial charge is 0.410 e. The third-order valence-corrected chi connectivity index (χ3v) is 7.76. The van der Waals surface area contributed by atoms with E-state index in [1.807, 2.05) is 6.92 Å². The molecule has 10 nitrogen and oxygen atoms in total. The Hall–Kier alpha value is -2.62. The molecule has 2 aliphatic carbocycles. The zero-order valence-corrected chi connectivity index (χ0v) is 20.2. The van der Waals surface area contributed by atoms with E-state index in [1.54, 1.807) is 10.5 Å². The van der Waals surface area contributed by atoms with Crippen molar-refractivity contribution in [3.05, 3.63) is 11.6 Å². The largest absolute Gasteiger partial charge is 0.539 e. The Morgan fingerprint density at radius 1 is 1.32 bits per heavy atom. The summed E-state index contributed by atoms with van der Waals surface area (Å²) < 4.78 is 11.0. The number of quaternary nitrogens is 1. The van der Waals surface area contributed by atoms with Gasteiger partial charge in [-0.2, -0.15) is 0 Å². The molecule has 4 rings (SSSR count). The molecule has 0 spiro atoms. The van der Waals surface area contributed by atoms with E-state index in [4.69, 9.17) is 29.3 Å². The van der Waals surface area contributed by atoms with Crippen molar-refractivity contribution >= 4 is 24.0 Å². The number of rotatable bonds is 3. The number of aliphatic carboxylic acids is 2. The quantitative estimate of drug-likeness (QED) is 0.313. The van der Waals surface area contributed by atoms with Crippen molar-refractivity contribution in [3.63, 3.8) is 0 Å². The Balaban J connectivity index is 0.000000481. The van der Waals surface area contributed by atoms with E-state index in [9.17, 15) is 9.59 Å². The minimum Gasteiger partial charge on any atom is -0.539 e. The highest BCUT2D eigenvalue weighted by Crippen LogP contribution is 2.53. The molecule has 0 aromatic carbocycles. The van der Waals surface area contributed by atoms with E-state index in [0.29, 0.717) is 25.6 Å². The molecular weight excluding hydrogens is 444 g/mol. The van der Waals surface area contributed by atoms with Crippen LogP contribution in [0, 0.1) is 23.2 Å². The fraction of sp³-hybridized carbons (Fsp3) is 0.750. The molecule has 0 bridgehead atoms. The molecule has 0 radical (unpaired) electrons. The predicted molar refractivity (Wildman–Crippen MR) is 117 cm³/mol. The lowest BCUT2D eigenvalue weighted by atomic mass is 9.59. The zero-order chi connectivity index (χ0) is 25.0. The summed E-state index contributed by atoms with van der Waals surface area (Å²) >= 11 is 0. The van der Waals surface area contributed by atoms with E-state index in [1.165, 1.54) is 24.2 Å². The van der Waals surface area contributed by atoms with E-state index in [-0.39, 0.29) is 35.4 Å². The third-order valence-electron chi connectivity index (χ3n) is 7.76. The number of esters is 1. The van der Waals surface area contributed by atoms with Gasteiger partial charge in [0.25, 0.3) is 0 Å². The van der Waals surface area contributed by atoms with Gasteiger partial charge in [0.05, 0.1) is 39.3 Å². The van der Waals surface area contributed by atoms with Crippen molar-refractivity contribution in [2.24, 2.45) is 23.2 Å². The molecule has 0 aromatic heterocycles. The van der Waals surface area contributed by atoms with E-state index >= 15 is 0 Å². The summed E-state index contributed by atoms with van der Waals surface area (Å²) in [4.78, 5) is 45.8. The lowest BCUT2D eigenvalue weighted by Crippen LogP contribution is -3.15. The van der Waals surface area contributed by atoms with Crippen LogP contribution in [0.5, 0.6) is 0 Å². The fourth-order valence-electron chi connectivity index (χ4n) is 6.02. The minimum atomic E-state index is -2.07. The molecule has 34 heavy (non-hydrogen) atoms. The molecular formula is C24H36N2O8. The van der Waals surface area contributed by atoms with Crippen LogP contribution in [0.2, 0.25) is 0 Å². The van der Waals surface area contributed by atoms with Crippen molar-refractivity contribution in [2.45, 2.75) is 52.6 Å². The molecule has 1 amide bonds. The molecule has 5 atom stereocenters. The summed E-state index contributed by atoms with van der Waals surface area (Å²) in [7, 11) is 0. The summed E-state index contributed by atoms with van der Waals surface area (Å²) in [6, 6.07) is 0. The van der Waals surface area contributed by atoms with Gasteiger partial charge in [0.2, 0.25) is 0 Å². The van der Waals surface area contributed by atoms with Gasteiger partial charge in [0, 0.05) is 5.92 Å². The Morgan fingerprint density at radius 2 is 1.97 bits per heavy atom. The summed E-state index contributed by atoms with van der Waals surface area (Å²) in [5.74, 6) is -3.21. The molecule has 10 heteroatoms. The van der Waals surface area contributed by atoms with Crippen LogP contribution >= 0.6 is 0 Å². The highest BCUT2D eigenvalue weighted by atomic mass is 16.6. The average molecular weight is 481 g/mol. The van der Waals surface area contributed by atoms with Crippen molar-refractivity contribution in [1.29, 1.82) is 0 Å². The topological polar surface area (TPSA) is 138 Å². The molecule has 0 aromatic rings. The normalized spacial score (nSPS) is 32.9. The molecule has 1 saturated carbocycles. The molecule has 3 fully saturated rings. The minimum absolute atomic E-state index is 0.0120. The van der Waals surface area contributed by atoms with Crippen LogP contribution in [-0.2, 0) is 23.9 Å². The van der Waals surface area contributed by atoms with Gasteiger partial charge in [0.1, 0.15) is 12.0 Å². The van der Waals surface area contributed by atoms with Crippen molar-refractivity contribution in [1.82, 2.24) is 4.90 Å². The Bertz CT molecular complexity index is 823. The van der Waals surface area contributed by atoms with Crippen molar-refractivity contribution in [2.75, 3.05) is 39.3 Å². The molecule has 5 unspecified atom stereocenters. The number of nitrogens with one attached hydrogen (secondary N) is 1. The number of ether oxygens (including phenoxy) is 2. The highest BCUT2D eigenvalue weighted by molar-refractivity contribution is 6.26. The van der Waals surface area contributed by atoms with Crippen molar-refractivity contribution < 1.29 is 43.8 Å². The average Bonchev–Trinajstić information content (AvgIpc) is 3.07. The number of carboxylic acids is 2. The highest BCUT2D eigenvalue weighted by Gasteiger charge is 2.52. The van der Waals surface area contributed by atoms with Crippen LogP contribution in [0.3, 0.4) is 0 Å². The summed E-state index contributed by atoms with van der Waals surface area (Å²) in [5, 5.41) is 16.3. The van der Waals surface area contributed by atoms with Gasteiger partial charge >= 0.3 is 18.0 Å². The maximum Gasteiger partial charge on any atom is 0.410 e. The van der Waals surface area contributed by atoms with Crippen LogP contribution in [0.25, 0.3) is 0 Å². The maximum absolute atomic E-state index is 12.7. The van der Waals surface area contributed by atoms with Gasteiger partial charge < -0.3 is 29.4 Å². The molecule has 2 saturated heterocycles. The molecule has 4 aliphatic rings. The number of fused-ring (bicyclic) bond motifs is 2. The van der Waals surface area contributed by atoms with Crippen LogP contribution in [0.15, 0.2) is 11.6 Å². The van der Waals surface area contributed by atoms with Crippen LogP contribution in [0.1, 0.15) is 46.5 Å². The second-order valence-corrected chi connectivity index (χ2v) is 10.1. The van der Waals surface area contributed by atoms with Gasteiger partial charge in [-0.3, -0.25) is 9.69 Å². The number of carbonyl (C=O) groups is 4. The number of carbonyl (C=O) groups excluding carboxylic acids is 3. The van der Waals surface area contributed by atoms with Gasteiger partial charge in [-0.15, -0.1) is 0 Å². The molecule has 190 valence electrons. The predicted octanol–water partition coefficient (Wildman–Crippen LogP) is -0.521. The lowest BCUT2D eigenvalue weighted by molar-refractivity contribution is -0.906. The third kappa shape index (κ3) is 5.71. The SMILES string of the molecule is CCOC(=O)N1CC[NH+](CC2C(=O)OC3CC4(C)CCCC(C)C4=CC32)CC1.O=C([O-])C(=O)O. The Labute approximate surface area is 199 Å². The zero-order valence-electron chi connectivity index (χ0n) is 20.2. The molecule has 2 aliphatic heterocycles. The van der Waals surface area contributed by atoms with Gasteiger partial charge in [-0.1, -0.05) is 31.9 Å². The number of amides is 1. The molecule has 2 N–H and O–H groups in total. The Kier molecular flexibility index (Phi) is 8.22. The van der Waals surface area contributed by atoms with E-state index in [2.05, 4.69) is 19.9 Å². The standard InChI is InChI=1S/C22H34N2O4.C2H2O4/c1-4-27-21(26)24-10-8-23(9-11-24)14-17-16-12-18-15(2)6-5-7-22(18,3)13-19(16)28-20(17)25;3-1(4)2(5)6/h12,15-17,19H,4-11,13-14H2,1-3H3;(H,3,4)(H,5,6). The lowest BCUT2D eigenvalue weighted by Gasteiger charge is -2.46. The van der Waals surface area contributed by atoms with Crippen molar-refractivity contribution in [3.8, 4) is 0 Å². The summed E-state index contributed by atoms with van der Waals surface area (Å²) in [5.41, 5.74) is 1.79. The first-order valence-electron chi connectivity index (χ1n) is 12.2. The molecule has 2 heterocycles. The second-order valence-electron chi connectivity index (χ2n) is 10.1. The van der Waals surface area contributed by atoms with Gasteiger partial charge in [-0.25, -0.2) is 9.59 Å². The number of carboxylic acid groups (broad SMARTS) is 2. The first-order valence-corrected chi connectivity index (χ1v) is 12.2. The monoisotopic (exact) mass is 480 g/mol. The first-order chi connectivity index (χ1) is 16.1. The van der Waals surface area contributed by atoms with Gasteiger partial charge in [-0.05, 0) is 37.5 Å². The van der Waals surface area contributed by atoms with E-state index in [0.717, 1.165) is 26.1 Å². The maximum atomic E-state index is 12.7. The number of piperazine rings is 1. The summed E-state index contributed by atoms with van der Waals surface area (Å²) in [6.07, 6.45) is 7.01. The number of hydrogen-bond donors (Lipinski definition) is 2. The first kappa shape index (κ1) is 26.0.